The van der Waals surface area contributed by atoms with Gasteiger partial charge in [0.05, 0.1) is 31.8 Å². The number of nitrogens with one attached hydrogen (secondary N) is 2. The second kappa shape index (κ2) is 9.41. The van der Waals surface area contributed by atoms with Crippen LogP contribution in [-0.2, 0) is 6.42 Å². The lowest BCUT2D eigenvalue weighted by Crippen LogP contribution is -2.14. The summed E-state index contributed by atoms with van der Waals surface area (Å²) in [4.78, 5) is 16.7. The molecule has 0 spiro atoms. The Bertz CT molecular complexity index is 912. The maximum absolute atomic E-state index is 12.5. The van der Waals surface area contributed by atoms with Gasteiger partial charge in [0.25, 0.3) is 5.91 Å². The summed E-state index contributed by atoms with van der Waals surface area (Å²) in [7, 11) is 3.12. The second-order valence-corrected chi connectivity index (χ2v) is 6.11. The van der Waals surface area contributed by atoms with Gasteiger partial charge in [-0.25, -0.2) is 4.98 Å². The predicted octanol–water partition coefficient (Wildman–Crippen LogP) is 4.01. The lowest BCUT2D eigenvalue weighted by Gasteiger charge is -2.11. The van der Waals surface area contributed by atoms with Crippen molar-refractivity contribution in [2.45, 2.75) is 6.42 Å². The quantitative estimate of drug-likeness (QED) is 0.621. The van der Waals surface area contributed by atoms with Gasteiger partial charge < -0.3 is 20.1 Å². The Morgan fingerprint density at radius 3 is 2.50 bits per heavy atom. The van der Waals surface area contributed by atoms with Crippen LogP contribution in [0.1, 0.15) is 16.1 Å². The van der Waals surface area contributed by atoms with Crippen LogP contribution >= 0.6 is 0 Å². The SMILES string of the molecule is COc1ccc(NC(=O)c2ccc(NCCc3ccccc3)cn2)c(OC)c1. The number of nitrogens with zero attached hydrogens (tertiary/aromatic N) is 1. The molecule has 1 heterocycles. The van der Waals surface area contributed by atoms with Crippen LogP contribution in [0.5, 0.6) is 11.5 Å². The summed E-state index contributed by atoms with van der Waals surface area (Å²) >= 11 is 0. The molecule has 0 saturated carbocycles. The van der Waals surface area contributed by atoms with Gasteiger partial charge in [0, 0.05) is 12.6 Å². The van der Waals surface area contributed by atoms with Gasteiger partial charge in [0.1, 0.15) is 17.2 Å². The van der Waals surface area contributed by atoms with Gasteiger partial charge in [-0.1, -0.05) is 30.3 Å². The molecule has 2 N–H and O–H groups in total. The summed E-state index contributed by atoms with van der Waals surface area (Å²) in [5.74, 6) is 0.866. The van der Waals surface area contributed by atoms with Gasteiger partial charge in [-0.2, -0.15) is 0 Å². The fourth-order valence-electron chi connectivity index (χ4n) is 2.72. The molecule has 0 atom stereocenters. The number of amides is 1. The van der Waals surface area contributed by atoms with Crippen LogP contribution in [0.15, 0.2) is 66.9 Å². The van der Waals surface area contributed by atoms with Gasteiger partial charge in [0.2, 0.25) is 0 Å². The average Bonchev–Trinajstić information content (AvgIpc) is 2.75. The summed E-state index contributed by atoms with van der Waals surface area (Å²) in [5, 5.41) is 6.12. The van der Waals surface area contributed by atoms with E-state index in [0.717, 1.165) is 18.7 Å². The molecule has 2 aromatic carbocycles. The molecule has 3 aromatic rings. The number of hydrogen-bond acceptors (Lipinski definition) is 5. The highest BCUT2D eigenvalue weighted by Gasteiger charge is 2.12. The van der Waals surface area contributed by atoms with E-state index in [0.29, 0.717) is 22.9 Å². The molecule has 1 aromatic heterocycles. The Morgan fingerprint density at radius 2 is 1.82 bits per heavy atom. The Morgan fingerprint density at radius 1 is 1.00 bits per heavy atom. The number of rotatable bonds is 8. The normalized spacial score (nSPS) is 10.2. The Kier molecular flexibility index (Phi) is 6.46. The van der Waals surface area contributed by atoms with E-state index < -0.39 is 0 Å². The van der Waals surface area contributed by atoms with Gasteiger partial charge in [-0.3, -0.25) is 4.79 Å². The van der Waals surface area contributed by atoms with Crippen LogP contribution in [0.4, 0.5) is 11.4 Å². The second-order valence-electron chi connectivity index (χ2n) is 6.11. The Labute approximate surface area is 164 Å². The number of methoxy groups -OCH3 is 2. The maximum Gasteiger partial charge on any atom is 0.274 e. The minimum Gasteiger partial charge on any atom is -0.497 e. The molecule has 0 bridgehead atoms. The molecule has 6 nitrogen and oxygen atoms in total. The molecular formula is C22H23N3O3. The highest BCUT2D eigenvalue weighted by atomic mass is 16.5. The first-order chi connectivity index (χ1) is 13.7. The largest absolute Gasteiger partial charge is 0.497 e. The highest BCUT2D eigenvalue weighted by Crippen LogP contribution is 2.29. The van der Waals surface area contributed by atoms with Crippen LogP contribution in [0.2, 0.25) is 0 Å². The topological polar surface area (TPSA) is 72.5 Å². The minimum atomic E-state index is -0.306. The molecule has 0 aliphatic heterocycles. The molecule has 0 aliphatic carbocycles. The first-order valence-electron chi connectivity index (χ1n) is 8.97. The van der Waals surface area contributed by atoms with Crippen molar-refractivity contribution in [3.63, 3.8) is 0 Å². The van der Waals surface area contributed by atoms with Crippen LogP contribution < -0.4 is 20.1 Å². The van der Waals surface area contributed by atoms with E-state index in [1.807, 2.05) is 24.3 Å². The first-order valence-corrected chi connectivity index (χ1v) is 8.97. The number of carbonyl (C=O) groups excluding carboxylic acids is 1. The molecule has 0 saturated heterocycles. The molecule has 144 valence electrons. The number of pyridine rings is 1. The smallest absolute Gasteiger partial charge is 0.274 e. The number of hydrogen-bond donors (Lipinski definition) is 2. The standard InChI is InChI=1S/C22H23N3O3/c1-27-18-9-11-19(21(14-18)28-2)25-22(26)20-10-8-17(15-24-20)23-13-12-16-6-4-3-5-7-16/h3-11,14-15,23H,12-13H2,1-2H3,(H,25,26). The van der Waals surface area contributed by atoms with Gasteiger partial charge in [-0.05, 0) is 36.2 Å². The van der Waals surface area contributed by atoms with Crippen molar-refractivity contribution in [2.24, 2.45) is 0 Å². The molecule has 3 rings (SSSR count). The Balaban J connectivity index is 1.58. The summed E-state index contributed by atoms with van der Waals surface area (Å²) < 4.78 is 10.5. The number of benzene rings is 2. The molecule has 0 unspecified atom stereocenters. The summed E-state index contributed by atoms with van der Waals surface area (Å²) in [6, 6.07) is 19.0. The van der Waals surface area contributed by atoms with Gasteiger partial charge in [0.15, 0.2) is 0 Å². The molecule has 0 radical (unpaired) electrons. The van der Waals surface area contributed by atoms with Crippen molar-refractivity contribution in [3.05, 3.63) is 78.1 Å². The summed E-state index contributed by atoms with van der Waals surface area (Å²) in [5.41, 5.74) is 3.02. The lowest BCUT2D eigenvalue weighted by atomic mass is 10.1. The van der Waals surface area contributed by atoms with Crippen molar-refractivity contribution in [1.82, 2.24) is 4.98 Å². The molecule has 0 fully saturated rings. The van der Waals surface area contributed by atoms with Crippen LogP contribution in [-0.4, -0.2) is 31.7 Å². The van der Waals surface area contributed by atoms with E-state index in [2.05, 4.69) is 27.8 Å². The first kappa shape index (κ1) is 19.2. The van der Waals surface area contributed by atoms with Crippen LogP contribution in [0, 0.1) is 0 Å². The van der Waals surface area contributed by atoms with Crippen LogP contribution in [0.25, 0.3) is 0 Å². The third-order valence-electron chi connectivity index (χ3n) is 4.24. The number of aromatic nitrogens is 1. The van der Waals surface area contributed by atoms with Crippen molar-refractivity contribution in [3.8, 4) is 11.5 Å². The third kappa shape index (κ3) is 5.01. The van der Waals surface area contributed by atoms with Crippen molar-refractivity contribution >= 4 is 17.3 Å². The average molecular weight is 377 g/mol. The number of carbonyl (C=O) groups is 1. The van der Waals surface area contributed by atoms with E-state index in [1.54, 1.807) is 44.7 Å². The van der Waals surface area contributed by atoms with Crippen molar-refractivity contribution in [1.29, 1.82) is 0 Å². The zero-order valence-electron chi connectivity index (χ0n) is 15.9. The zero-order chi connectivity index (χ0) is 19.8. The number of ether oxygens (including phenoxy) is 2. The molecule has 6 heteroatoms. The zero-order valence-corrected chi connectivity index (χ0v) is 15.9. The minimum absolute atomic E-state index is 0.306. The van der Waals surface area contributed by atoms with E-state index in [1.165, 1.54) is 5.56 Å². The predicted molar refractivity (Wildman–Crippen MR) is 110 cm³/mol. The molecule has 28 heavy (non-hydrogen) atoms. The van der Waals surface area contributed by atoms with E-state index >= 15 is 0 Å². The maximum atomic E-state index is 12.5. The monoisotopic (exact) mass is 377 g/mol. The lowest BCUT2D eigenvalue weighted by molar-refractivity contribution is 0.102. The van der Waals surface area contributed by atoms with Crippen molar-refractivity contribution < 1.29 is 14.3 Å². The summed E-state index contributed by atoms with van der Waals surface area (Å²) in [6.07, 6.45) is 2.57. The Hall–Kier alpha value is -3.54. The van der Waals surface area contributed by atoms with Gasteiger partial charge >= 0.3 is 0 Å². The third-order valence-corrected chi connectivity index (χ3v) is 4.24. The van der Waals surface area contributed by atoms with E-state index in [4.69, 9.17) is 9.47 Å². The fourth-order valence-corrected chi connectivity index (χ4v) is 2.72. The molecule has 1 amide bonds. The summed E-state index contributed by atoms with van der Waals surface area (Å²) in [6.45, 7) is 0.792. The van der Waals surface area contributed by atoms with E-state index in [-0.39, 0.29) is 5.91 Å². The van der Waals surface area contributed by atoms with Crippen molar-refractivity contribution in [2.75, 3.05) is 31.4 Å². The van der Waals surface area contributed by atoms with Gasteiger partial charge in [-0.15, -0.1) is 0 Å². The molecule has 0 aliphatic rings. The van der Waals surface area contributed by atoms with Crippen LogP contribution in [0.3, 0.4) is 0 Å². The highest BCUT2D eigenvalue weighted by molar-refractivity contribution is 6.03. The number of anilines is 2. The van der Waals surface area contributed by atoms with E-state index in [9.17, 15) is 4.79 Å². The molecular weight excluding hydrogens is 354 g/mol. The fraction of sp³-hybridized carbons (Fsp3) is 0.182.